The molecule has 6 heteroatoms. The van der Waals surface area contributed by atoms with Crippen molar-refractivity contribution >= 4 is 38.3 Å². The normalized spacial score (nSPS) is 13.9. The minimum atomic E-state index is 0.564. The van der Waals surface area contributed by atoms with E-state index in [9.17, 15) is 0 Å². The van der Waals surface area contributed by atoms with E-state index in [0.29, 0.717) is 24.0 Å². The van der Waals surface area contributed by atoms with E-state index in [1.54, 1.807) is 17.4 Å². The van der Waals surface area contributed by atoms with Gasteiger partial charge in [0.15, 0.2) is 16.6 Å². The van der Waals surface area contributed by atoms with Gasteiger partial charge in [0.1, 0.15) is 23.4 Å². The van der Waals surface area contributed by atoms with E-state index in [4.69, 9.17) is 21.1 Å². The molecular weight excluding hydrogens is 272 g/mol. The van der Waals surface area contributed by atoms with Gasteiger partial charge >= 0.3 is 0 Å². The van der Waals surface area contributed by atoms with E-state index >= 15 is 0 Å². The van der Waals surface area contributed by atoms with Crippen molar-refractivity contribution in [2.24, 2.45) is 0 Å². The number of hydrogen-bond donors (Lipinski definition) is 1. The minimum absolute atomic E-state index is 0.564. The van der Waals surface area contributed by atoms with Crippen LogP contribution in [0.2, 0.25) is 5.02 Å². The van der Waals surface area contributed by atoms with E-state index in [1.807, 2.05) is 0 Å². The first-order valence-electron chi connectivity index (χ1n) is 5.92. The summed E-state index contributed by atoms with van der Waals surface area (Å²) < 4.78 is 12.2. The molecule has 1 aromatic heterocycles. The first-order chi connectivity index (χ1) is 8.79. The summed E-state index contributed by atoms with van der Waals surface area (Å²) in [6, 6.07) is 1.78. The van der Waals surface area contributed by atoms with Crippen molar-refractivity contribution in [1.29, 1.82) is 0 Å². The van der Waals surface area contributed by atoms with Gasteiger partial charge in [0, 0.05) is 12.6 Å². The summed E-state index contributed by atoms with van der Waals surface area (Å²) >= 11 is 7.78. The van der Waals surface area contributed by atoms with Crippen molar-refractivity contribution in [1.82, 2.24) is 4.98 Å². The second-order valence-electron chi connectivity index (χ2n) is 4.01. The Bertz CT molecular complexity index is 585. The van der Waals surface area contributed by atoms with Crippen molar-refractivity contribution in [3.05, 3.63) is 11.1 Å². The Labute approximate surface area is 114 Å². The minimum Gasteiger partial charge on any atom is -0.486 e. The number of anilines is 1. The molecule has 18 heavy (non-hydrogen) atoms. The molecule has 4 nitrogen and oxygen atoms in total. The molecule has 0 saturated heterocycles. The number of aromatic nitrogens is 1. The van der Waals surface area contributed by atoms with Crippen LogP contribution in [-0.4, -0.2) is 24.7 Å². The Kier molecular flexibility index (Phi) is 3.18. The number of fused-ring (bicyclic) bond motifs is 3. The lowest BCUT2D eigenvalue weighted by atomic mass is 10.3. The molecule has 0 atom stereocenters. The Balaban J connectivity index is 2.10. The van der Waals surface area contributed by atoms with Crippen LogP contribution in [0.25, 0.3) is 10.2 Å². The third-order valence-corrected chi connectivity index (χ3v) is 3.95. The fraction of sp³-hybridized carbons (Fsp3) is 0.417. The number of nitrogens with one attached hydrogen (secondary N) is 1. The second-order valence-corrected chi connectivity index (χ2v) is 5.41. The van der Waals surface area contributed by atoms with Gasteiger partial charge in [-0.1, -0.05) is 29.9 Å². The zero-order chi connectivity index (χ0) is 12.5. The number of hydrogen-bond acceptors (Lipinski definition) is 5. The van der Waals surface area contributed by atoms with Crippen LogP contribution in [0.1, 0.15) is 13.3 Å². The van der Waals surface area contributed by atoms with Crippen LogP contribution in [0, 0.1) is 0 Å². The second kappa shape index (κ2) is 4.82. The monoisotopic (exact) mass is 284 g/mol. The molecular formula is C12H13ClN2O2S. The number of nitrogens with zero attached hydrogens (tertiary/aromatic N) is 1. The highest BCUT2D eigenvalue weighted by atomic mass is 35.5. The SMILES string of the molecule is CCCNc1nc2c(Cl)cc3c(c2s1)OCCO3. The van der Waals surface area contributed by atoms with Crippen molar-refractivity contribution < 1.29 is 9.47 Å². The van der Waals surface area contributed by atoms with Crippen molar-refractivity contribution in [3.63, 3.8) is 0 Å². The van der Waals surface area contributed by atoms with Crippen molar-refractivity contribution in [2.45, 2.75) is 13.3 Å². The summed E-state index contributed by atoms with van der Waals surface area (Å²) in [7, 11) is 0. The maximum atomic E-state index is 6.22. The summed E-state index contributed by atoms with van der Waals surface area (Å²) in [6.45, 7) is 4.15. The lowest BCUT2D eigenvalue weighted by molar-refractivity contribution is 0.174. The van der Waals surface area contributed by atoms with Crippen molar-refractivity contribution in [2.75, 3.05) is 25.1 Å². The molecule has 2 aromatic rings. The molecule has 0 bridgehead atoms. The fourth-order valence-electron chi connectivity index (χ4n) is 1.84. The van der Waals surface area contributed by atoms with Crippen LogP contribution >= 0.6 is 22.9 Å². The van der Waals surface area contributed by atoms with Gasteiger partial charge in [-0.3, -0.25) is 0 Å². The van der Waals surface area contributed by atoms with E-state index in [0.717, 1.165) is 34.1 Å². The first-order valence-corrected chi connectivity index (χ1v) is 7.11. The Hall–Kier alpha value is -1.20. The summed E-state index contributed by atoms with van der Waals surface area (Å²) in [6.07, 6.45) is 1.06. The molecule has 3 rings (SSSR count). The maximum absolute atomic E-state index is 6.22. The molecule has 1 aromatic carbocycles. The molecule has 1 N–H and O–H groups in total. The van der Waals surface area contributed by atoms with Crippen LogP contribution < -0.4 is 14.8 Å². The molecule has 0 unspecified atom stereocenters. The standard InChI is InChI=1S/C12H13ClN2O2S/c1-2-3-14-12-15-9-7(13)6-8-10(11(9)18-12)17-5-4-16-8/h6H,2-5H2,1H3,(H,14,15). The van der Waals surface area contributed by atoms with Gasteiger partial charge in [0.05, 0.1) is 5.02 Å². The number of halogens is 1. The molecule has 0 aliphatic carbocycles. The number of rotatable bonds is 3. The molecule has 0 spiro atoms. The highest BCUT2D eigenvalue weighted by Gasteiger charge is 2.20. The highest BCUT2D eigenvalue weighted by Crippen LogP contribution is 2.45. The topological polar surface area (TPSA) is 43.4 Å². The number of benzene rings is 1. The molecule has 0 saturated carbocycles. The lowest BCUT2D eigenvalue weighted by Gasteiger charge is -2.18. The predicted molar refractivity (Wildman–Crippen MR) is 74.4 cm³/mol. The average molecular weight is 285 g/mol. The van der Waals surface area contributed by atoms with Gasteiger partial charge in [-0.25, -0.2) is 4.98 Å². The largest absolute Gasteiger partial charge is 0.486 e. The van der Waals surface area contributed by atoms with Gasteiger partial charge in [0.25, 0.3) is 0 Å². The fourth-order valence-corrected chi connectivity index (χ4v) is 3.14. The van der Waals surface area contributed by atoms with E-state index < -0.39 is 0 Å². The maximum Gasteiger partial charge on any atom is 0.183 e. The van der Waals surface area contributed by atoms with E-state index in [2.05, 4.69) is 17.2 Å². The zero-order valence-corrected chi connectivity index (χ0v) is 11.5. The number of thiazole rings is 1. The van der Waals surface area contributed by atoms with E-state index in [-0.39, 0.29) is 0 Å². The Morgan fingerprint density at radius 3 is 3.11 bits per heavy atom. The summed E-state index contributed by atoms with van der Waals surface area (Å²) in [5, 5.41) is 4.75. The van der Waals surface area contributed by atoms with Crippen molar-refractivity contribution in [3.8, 4) is 11.5 Å². The average Bonchev–Trinajstić information content (AvgIpc) is 2.81. The molecule has 1 aliphatic heterocycles. The van der Waals surface area contributed by atoms with Crippen LogP contribution in [0.3, 0.4) is 0 Å². The van der Waals surface area contributed by atoms with E-state index in [1.165, 1.54) is 0 Å². The third-order valence-electron chi connectivity index (χ3n) is 2.65. The molecule has 0 radical (unpaired) electrons. The molecule has 0 fully saturated rings. The van der Waals surface area contributed by atoms with Crippen LogP contribution in [0.15, 0.2) is 6.07 Å². The molecule has 1 aliphatic rings. The van der Waals surface area contributed by atoms with Gasteiger partial charge in [-0.05, 0) is 6.42 Å². The molecule has 96 valence electrons. The van der Waals surface area contributed by atoms with Crippen LogP contribution in [0.5, 0.6) is 11.5 Å². The predicted octanol–water partition coefficient (Wildman–Crippen LogP) is 3.54. The van der Waals surface area contributed by atoms with Crippen LogP contribution in [0.4, 0.5) is 5.13 Å². The smallest absolute Gasteiger partial charge is 0.183 e. The number of ether oxygens (including phenoxy) is 2. The van der Waals surface area contributed by atoms with Gasteiger partial charge in [-0.2, -0.15) is 0 Å². The van der Waals surface area contributed by atoms with Gasteiger partial charge in [-0.15, -0.1) is 0 Å². The van der Waals surface area contributed by atoms with Crippen LogP contribution in [-0.2, 0) is 0 Å². The Morgan fingerprint density at radius 1 is 1.44 bits per heavy atom. The molecule has 0 amide bonds. The highest BCUT2D eigenvalue weighted by molar-refractivity contribution is 7.22. The summed E-state index contributed by atoms with van der Waals surface area (Å²) in [5.74, 6) is 1.48. The zero-order valence-electron chi connectivity index (χ0n) is 9.96. The summed E-state index contributed by atoms with van der Waals surface area (Å²) in [4.78, 5) is 4.50. The first kappa shape index (κ1) is 11.9. The van der Waals surface area contributed by atoms with Gasteiger partial charge in [0.2, 0.25) is 0 Å². The third kappa shape index (κ3) is 1.97. The van der Waals surface area contributed by atoms with Gasteiger partial charge < -0.3 is 14.8 Å². The lowest BCUT2D eigenvalue weighted by Crippen LogP contribution is -2.15. The molecule has 2 heterocycles. The summed E-state index contributed by atoms with van der Waals surface area (Å²) in [5.41, 5.74) is 0.782. The quantitative estimate of drug-likeness (QED) is 0.936. The Morgan fingerprint density at radius 2 is 2.28 bits per heavy atom.